The Morgan fingerprint density at radius 2 is 1.52 bits per heavy atom. The third-order valence-electron chi connectivity index (χ3n) is 7.49. The van der Waals surface area contributed by atoms with Crippen LogP contribution in [0.25, 0.3) is 60.3 Å². The van der Waals surface area contributed by atoms with E-state index < -0.39 is 0 Å². The van der Waals surface area contributed by atoms with Gasteiger partial charge in [0.2, 0.25) is 0 Å². The number of para-hydroxylation sites is 1. The van der Waals surface area contributed by atoms with E-state index in [1.54, 1.807) is 0 Å². The van der Waals surface area contributed by atoms with Crippen LogP contribution in [0.3, 0.4) is 0 Å². The Labute approximate surface area is 247 Å². The van der Waals surface area contributed by atoms with Crippen molar-refractivity contribution in [2.45, 2.75) is 26.2 Å². The van der Waals surface area contributed by atoms with Crippen LogP contribution in [0, 0.1) is 12.1 Å². The van der Waals surface area contributed by atoms with Crippen molar-refractivity contribution < 1.29 is 20.1 Å². The van der Waals surface area contributed by atoms with Gasteiger partial charge in [-0.05, 0) is 34.9 Å². The van der Waals surface area contributed by atoms with Crippen molar-refractivity contribution in [1.82, 2.24) is 14.4 Å². The van der Waals surface area contributed by atoms with E-state index in [-0.39, 0.29) is 25.5 Å². The molecule has 3 nitrogen and oxygen atoms in total. The Morgan fingerprint density at radius 1 is 0.700 bits per heavy atom. The molecule has 8 rings (SSSR count). The third-order valence-corrected chi connectivity index (χ3v) is 7.49. The first kappa shape index (κ1) is 26.1. The van der Waals surface area contributed by atoms with E-state index in [4.69, 9.17) is 4.98 Å². The minimum absolute atomic E-state index is 0. The van der Waals surface area contributed by atoms with Gasteiger partial charge in [-0.3, -0.25) is 0 Å². The second-order valence-electron chi connectivity index (χ2n) is 11.0. The Kier molecular flexibility index (Phi) is 6.62. The summed E-state index contributed by atoms with van der Waals surface area (Å²) in [7, 11) is 0. The Bertz CT molecular complexity index is 2080. The fourth-order valence-electron chi connectivity index (χ4n) is 5.53. The summed E-state index contributed by atoms with van der Waals surface area (Å²) in [5.74, 6) is 0. The van der Waals surface area contributed by atoms with Crippen molar-refractivity contribution in [2.24, 2.45) is 0 Å². The molecule has 40 heavy (non-hydrogen) atoms. The molecule has 0 aliphatic rings. The average Bonchev–Trinajstić information content (AvgIpc) is 3.32. The summed E-state index contributed by atoms with van der Waals surface area (Å²) in [5, 5.41) is 6.11. The second-order valence-corrected chi connectivity index (χ2v) is 11.0. The van der Waals surface area contributed by atoms with E-state index in [9.17, 15) is 0 Å². The number of fused-ring (bicyclic) bond motifs is 5. The maximum atomic E-state index is 4.70. The molecule has 8 aromatic rings. The van der Waals surface area contributed by atoms with E-state index in [1.807, 2.05) is 42.7 Å². The standard InChI is InChI=1S/C21H11N2.C15H16N.Ir/c1-2-9-17-14(7-1)15-11-12-22-20-16-8-3-5-13-6-4-10-18(19(13)16)23(17)21(15)20;1-15(2,3)13-9-10-14(16-11-13)12-7-5-4-6-8-12;/h1-7,9-12H;4-7,9-11H,1-3H3;/q2*-1;. The van der Waals surface area contributed by atoms with Gasteiger partial charge in [-0.15, -0.1) is 59.5 Å². The van der Waals surface area contributed by atoms with E-state index >= 15 is 0 Å². The number of aromatic nitrogens is 3. The monoisotopic (exact) mass is 694 g/mol. The van der Waals surface area contributed by atoms with Gasteiger partial charge in [0.25, 0.3) is 0 Å². The summed E-state index contributed by atoms with van der Waals surface area (Å²) >= 11 is 0. The molecule has 0 spiro atoms. The summed E-state index contributed by atoms with van der Waals surface area (Å²) in [6, 6.07) is 40.0. The molecule has 0 amide bonds. The molecule has 4 aromatic heterocycles. The van der Waals surface area contributed by atoms with Crippen LogP contribution in [0.15, 0.2) is 109 Å². The van der Waals surface area contributed by atoms with Gasteiger partial charge >= 0.3 is 0 Å². The van der Waals surface area contributed by atoms with E-state index in [1.165, 1.54) is 43.7 Å². The number of pyridine rings is 3. The number of rotatable bonds is 1. The zero-order chi connectivity index (χ0) is 26.6. The van der Waals surface area contributed by atoms with Gasteiger partial charge < -0.3 is 14.4 Å². The quantitative estimate of drug-likeness (QED) is 0.0976. The molecule has 4 heteroatoms. The maximum absolute atomic E-state index is 4.70. The van der Waals surface area contributed by atoms with Crippen LogP contribution in [-0.2, 0) is 25.5 Å². The number of benzene rings is 4. The molecule has 0 N–H and O–H groups in total. The van der Waals surface area contributed by atoms with Gasteiger partial charge in [-0.25, -0.2) is 0 Å². The largest absolute Gasteiger partial charge is 0.324 e. The van der Waals surface area contributed by atoms with Crippen LogP contribution in [-0.4, -0.2) is 14.4 Å². The van der Waals surface area contributed by atoms with Crippen LogP contribution in [0.5, 0.6) is 0 Å². The normalized spacial score (nSPS) is 11.7. The van der Waals surface area contributed by atoms with Gasteiger partial charge in [-0.2, -0.15) is 0 Å². The summed E-state index contributed by atoms with van der Waals surface area (Å²) in [6.07, 6.45) is 3.87. The zero-order valence-corrected chi connectivity index (χ0v) is 25.0. The molecule has 0 bridgehead atoms. The molecular formula is C36H27IrN3-2. The first-order chi connectivity index (χ1) is 19.0. The first-order valence-electron chi connectivity index (χ1n) is 13.3. The Balaban J connectivity index is 0.000000151. The second kappa shape index (κ2) is 10.1. The fourth-order valence-corrected chi connectivity index (χ4v) is 5.53. The Hall–Kier alpha value is -4.11. The zero-order valence-electron chi connectivity index (χ0n) is 22.6. The minimum Gasteiger partial charge on any atom is -0.324 e. The van der Waals surface area contributed by atoms with Crippen LogP contribution >= 0.6 is 0 Å². The van der Waals surface area contributed by atoms with Gasteiger partial charge in [0, 0.05) is 59.8 Å². The topological polar surface area (TPSA) is 30.2 Å². The third kappa shape index (κ3) is 4.25. The molecule has 0 saturated carbocycles. The predicted octanol–water partition coefficient (Wildman–Crippen LogP) is 9.03. The predicted molar refractivity (Wildman–Crippen MR) is 162 cm³/mol. The van der Waals surface area contributed by atoms with Crippen molar-refractivity contribution in [3.05, 3.63) is 127 Å². The van der Waals surface area contributed by atoms with Crippen molar-refractivity contribution in [3.8, 4) is 11.3 Å². The van der Waals surface area contributed by atoms with E-state index in [0.717, 1.165) is 22.2 Å². The van der Waals surface area contributed by atoms with Gasteiger partial charge in [0.05, 0.1) is 5.52 Å². The molecule has 0 atom stereocenters. The smallest absolute Gasteiger partial charge is 0.0525 e. The number of hydrogen-bond acceptors (Lipinski definition) is 2. The first-order valence-corrected chi connectivity index (χ1v) is 13.3. The molecule has 0 fully saturated rings. The number of nitrogens with zero attached hydrogens (tertiary/aromatic N) is 3. The summed E-state index contributed by atoms with van der Waals surface area (Å²) in [4.78, 5) is 9.19. The van der Waals surface area contributed by atoms with Gasteiger partial charge in [-0.1, -0.05) is 74.0 Å². The van der Waals surface area contributed by atoms with Crippen molar-refractivity contribution >= 4 is 49.0 Å². The molecular weight excluding hydrogens is 667 g/mol. The van der Waals surface area contributed by atoms with Gasteiger partial charge in [0.15, 0.2) is 0 Å². The molecule has 0 aliphatic carbocycles. The summed E-state index contributed by atoms with van der Waals surface area (Å²) < 4.78 is 2.36. The van der Waals surface area contributed by atoms with Crippen LogP contribution in [0.4, 0.5) is 0 Å². The maximum Gasteiger partial charge on any atom is 0.0525 e. The van der Waals surface area contributed by atoms with E-state index in [0.29, 0.717) is 0 Å². The van der Waals surface area contributed by atoms with Crippen molar-refractivity contribution in [2.75, 3.05) is 0 Å². The SMILES string of the molecule is CC(C)(C)c1ccc(-c2[c-]cccc2)nc1.[Ir].[c-]1ccc2cccc3c2c1c1nccc2c4ccccc4n3c21. The minimum atomic E-state index is 0. The molecule has 197 valence electrons. The molecule has 0 unspecified atom stereocenters. The number of hydrogen-bond donors (Lipinski definition) is 0. The van der Waals surface area contributed by atoms with Crippen LogP contribution in [0.1, 0.15) is 26.3 Å². The molecule has 0 aliphatic heterocycles. The van der Waals surface area contributed by atoms with Crippen LogP contribution < -0.4 is 0 Å². The fraction of sp³-hybridized carbons (Fsp3) is 0.111. The summed E-state index contributed by atoms with van der Waals surface area (Å²) in [5.41, 5.74) is 8.12. The molecule has 4 aromatic carbocycles. The van der Waals surface area contributed by atoms with Crippen molar-refractivity contribution in [1.29, 1.82) is 0 Å². The summed E-state index contributed by atoms with van der Waals surface area (Å²) in [6.45, 7) is 6.58. The van der Waals surface area contributed by atoms with E-state index in [2.05, 4.69) is 109 Å². The molecule has 0 saturated heterocycles. The van der Waals surface area contributed by atoms with Crippen molar-refractivity contribution in [3.63, 3.8) is 0 Å². The average molecular weight is 694 g/mol. The Morgan fingerprint density at radius 3 is 2.30 bits per heavy atom. The van der Waals surface area contributed by atoms with Gasteiger partial charge in [0.1, 0.15) is 0 Å². The van der Waals surface area contributed by atoms with Crippen LogP contribution in [0.2, 0.25) is 0 Å². The molecule has 1 radical (unpaired) electrons. The molecule has 4 heterocycles.